The molecule has 1 aliphatic heterocycles. The SMILES string of the molecule is Nc1nc(N2CCC(=O)NC2=O)nc2ccccc12. The summed E-state index contributed by atoms with van der Waals surface area (Å²) < 4.78 is 0. The molecule has 0 spiro atoms. The van der Waals surface area contributed by atoms with E-state index in [0.29, 0.717) is 11.3 Å². The second-order valence-electron chi connectivity index (χ2n) is 4.18. The van der Waals surface area contributed by atoms with E-state index >= 15 is 0 Å². The molecule has 96 valence electrons. The monoisotopic (exact) mass is 257 g/mol. The maximum atomic E-state index is 11.7. The number of aromatic nitrogens is 2. The third kappa shape index (κ3) is 1.95. The molecular weight excluding hydrogens is 246 g/mol. The number of nitrogens with zero attached hydrogens (tertiary/aromatic N) is 3. The highest BCUT2D eigenvalue weighted by Crippen LogP contribution is 2.21. The maximum absolute atomic E-state index is 11.7. The predicted molar refractivity (Wildman–Crippen MR) is 69.5 cm³/mol. The van der Waals surface area contributed by atoms with Crippen LogP contribution in [-0.4, -0.2) is 28.5 Å². The van der Waals surface area contributed by atoms with Crippen molar-refractivity contribution in [3.05, 3.63) is 24.3 Å². The molecule has 3 rings (SSSR count). The lowest BCUT2D eigenvalue weighted by Gasteiger charge is -2.24. The zero-order valence-corrected chi connectivity index (χ0v) is 9.96. The largest absolute Gasteiger partial charge is 0.383 e. The number of imide groups is 1. The van der Waals surface area contributed by atoms with E-state index in [2.05, 4.69) is 15.3 Å². The molecule has 19 heavy (non-hydrogen) atoms. The normalized spacial score (nSPS) is 15.7. The number of benzene rings is 1. The predicted octanol–water partition coefficient (Wildman–Crippen LogP) is 0.658. The number of urea groups is 1. The minimum atomic E-state index is -0.522. The number of nitrogens with one attached hydrogen (secondary N) is 1. The van der Waals surface area contributed by atoms with Crippen LogP contribution in [0.15, 0.2) is 24.3 Å². The Hall–Kier alpha value is -2.70. The van der Waals surface area contributed by atoms with Crippen LogP contribution in [0.1, 0.15) is 6.42 Å². The fourth-order valence-corrected chi connectivity index (χ4v) is 1.96. The fraction of sp³-hybridized carbons (Fsp3) is 0.167. The van der Waals surface area contributed by atoms with Gasteiger partial charge in [0.25, 0.3) is 0 Å². The van der Waals surface area contributed by atoms with E-state index in [-0.39, 0.29) is 24.8 Å². The van der Waals surface area contributed by atoms with E-state index in [4.69, 9.17) is 5.73 Å². The molecule has 0 bridgehead atoms. The van der Waals surface area contributed by atoms with Crippen molar-refractivity contribution < 1.29 is 9.59 Å². The first-order chi connectivity index (χ1) is 9.15. The minimum Gasteiger partial charge on any atom is -0.383 e. The summed E-state index contributed by atoms with van der Waals surface area (Å²) in [6.45, 7) is 0.252. The molecule has 7 heteroatoms. The Kier molecular flexibility index (Phi) is 2.52. The standard InChI is InChI=1S/C12H11N5O2/c13-10-7-3-1-2-4-8(7)14-11(16-10)17-6-5-9(18)15-12(17)19/h1-4H,5-6H2,(H2,13,14,16)(H,15,18,19). The second-order valence-corrected chi connectivity index (χ2v) is 4.18. The average molecular weight is 257 g/mol. The van der Waals surface area contributed by atoms with Gasteiger partial charge in [-0.05, 0) is 12.1 Å². The highest BCUT2D eigenvalue weighted by atomic mass is 16.2. The van der Waals surface area contributed by atoms with Gasteiger partial charge in [-0.3, -0.25) is 15.0 Å². The average Bonchev–Trinajstić information content (AvgIpc) is 2.38. The van der Waals surface area contributed by atoms with Crippen LogP contribution in [0.5, 0.6) is 0 Å². The maximum Gasteiger partial charge on any atom is 0.330 e. The van der Waals surface area contributed by atoms with Crippen LogP contribution in [0.3, 0.4) is 0 Å². The van der Waals surface area contributed by atoms with Crippen LogP contribution in [0, 0.1) is 0 Å². The van der Waals surface area contributed by atoms with Crippen LogP contribution in [-0.2, 0) is 4.79 Å². The Morgan fingerprint density at radius 3 is 2.79 bits per heavy atom. The lowest BCUT2D eigenvalue weighted by molar-refractivity contribution is -0.120. The van der Waals surface area contributed by atoms with Crippen LogP contribution in [0.2, 0.25) is 0 Å². The van der Waals surface area contributed by atoms with Crippen molar-refractivity contribution in [2.45, 2.75) is 6.42 Å². The van der Waals surface area contributed by atoms with Gasteiger partial charge in [0.1, 0.15) is 5.82 Å². The van der Waals surface area contributed by atoms with E-state index in [0.717, 1.165) is 5.39 Å². The van der Waals surface area contributed by atoms with E-state index in [1.165, 1.54) is 4.90 Å². The summed E-state index contributed by atoms with van der Waals surface area (Å²) in [5.74, 6) is 0.224. The first-order valence-corrected chi connectivity index (χ1v) is 5.79. The first kappa shape index (κ1) is 11.4. The number of anilines is 2. The molecule has 2 heterocycles. The van der Waals surface area contributed by atoms with Crippen LogP contribution < -0.4 is 16.0 Å². The van der Waals surface area contributed by atoms with Crippen molar-refractivity contribution in [2.24, 2.45) is 0 Å². The number of nitrogen functional groups attached to an aromatic ring is 1. The molecule has 0 radical (unpaired) electrons. The van der Waals surface area contributed by atoms with Crippen molar-refractivity contribution >= 4 is 34.6 Å². The molecule has 0 atom stereocenters. The number of para-hydroxylation sites is 1. The van der Waals surface area contributed by atoms with Gasteiger partial charge in [-0.1, -0.05) is 12.1 Å². The lowest BCUT2D eigenvalue weighted by atomic mass is 10.2. The van der Waals surface area contributed by atoms with Crippen molar-refractivity contribution in [3.8, 4) is 0 Å². The molecule has 2 aromatic rings. The summed E-state index contributed by atoms with van der Waals surface area (Å²) in [5, 5.41) is 2.96. The topological polar surface area (TPSA) is 101 Å². The van der Waals surface area contributed by atoms with Crippen LogP contribution in [0.4, 0.5) is 16.6 Å². The van der Waals surface area contributed by atoms with E-state index in [1.54, 1.807) is 6.07 Å². The molecule has 0 saturated carbocycles. The van der Waals surface area contributed by atoms with Gasteiger partial charge in [0.2, 0.25) is 11.9 Å². The Bertz CT molecular complexity index is 685. The summed E-state index contributed by atoms with van der Waals surface area (Å²) >= 11 is 0. The number of rotatable bonds is 1. The lowest BCUT2D eigenvalue weighted by Crippen LogP contribution is -2.50. The highest BCUT2D eigenvalue weighted by Gasteiger charge is 2.26. The van der Waals surface area contributed by atoms with Crippen molar-refractivity contribution in [3.63, 3.8) is 0 Å². The smallest absolute Gasteiger partial charge is 0.330 e. The van der Waals surface area contributed by atoms with E-state index in [9.17, 15) is 9.59 Å². The summed E-state index contributed by atoms with van der Waals surface area (Å²) in [7, 11) is 0. The van der Waals surface area contributed by atoms with Crippen LogP contribution >= 0.6 is 0 Å². The second kappa shape index (κ2) is 4.20. The Labute approximate surface area is 108 Å². The zero-order chi connectivity index (χ0) is 13.4. The highest BCUT2D eigenvalue weighted by molar-refractivity contribution is 6.05. The summed E-state index contributed by atoms with van der Waals surface area (Å²) in [6.07, 6.45) is 0.224. The van der Waals surface area contributed by atoms with E-state index < -0.39 is 6.03 Å². The number of fused-ring (bicyclic) bond motifs is 1. The number of amides is 3. The van der Waals surface area contributed by atoms with Gasteiger partial charge in [0.15, 0.2) is 0 Å². The van der Waals surface area contributed by atoms with Gasteiger partial charge in [0, 0.05) is 18.4 Å². The molecule has 1 aliphatic rings. The molecular formula is C12H11N5O2. The number of carbonyl (C=O) groups is 2. The number of hydrogen-bond acceptors (Lipinski definition) is 5. The van der Waals surface area contributed by atoms with Crippen molar-refractivity contribution in [2.75, 3.05) is 17.2 Å². The molecule has 1 aromatic carbocycles. The summed E-state index contributed by atoms with van der Waals surface area (Å²) in [5.41, 5.74) is 6.52. The van der Waals surface area contributed by atoms with Gasteiger partial charge in [-0.15, -0.1) is 0 Å². The molecule has 1 fully saturated rings. The van der Waals surface area contributed by atoms with Crippen molar-refractivity contribution in [1.29, 1.82) is 0 Å². The van der Waals surface area contributed by atoms with Gasteiger partial charge in [0.05, 0.1) is 5.52 Å². The number of nitrogens with two attached hydrogens (primary N) is 1. The van der Waals surface area contributed by atoms with Crippen LogP contribution in [0.25, 0.3) is 10.9 Å². The van der Waals surface area contributed by atoms with Gasteiger partial charge in [-0.2, -0.15) is 4.98 Å². The summed E-state index contributed by atoms with van der Waals surface area (Å²) in [4.78, 5) is 32.6. The first-order valence-electron chi connectivity index (χ1n) is 5.79. The fourth-order valence-electron chi connectivity index (χ4n) is 1.96. The molecule has 1 saturated heterocycles. The van der Waals surface area contributed by atoms with Gasteiger partial charge < -0.3 is 5.73 Å². The Balaban J connectivity index is 2.06. The molecule has 0 unspecified atom stereocenters. The molecule has 3 N–H and O–H groups in total. The minimum absolute atomic E-state index is 0.209. The van der Waals surface area contributed by atoms with E-state index in [1.807, 2.05) is 18.2 Å². The quantitative estimate of drug-likeness (QED) is 0.781. The Morgan fingerprint density at radius 2 is 2.00 bits per heavy atom. The summed E-state index contributed by atoms with van der Waals surface area (Å²) in [6, 6.07) is 6.76. The molecule has 7 nitrogen and oxygen atoms in total. The number of carbonyl (C=O) groups excluding carboxylic acids is 2. The Morgan fingerprint density at radius 1 is 1.21 bits per heavy atom. The molecule has 1 aromatic heterocycles. The van der Waals surface area contributed by atoms with Crippen molar-refractivity contribution in [1.82, 2.24) is 15.3 Å². The molecule has 0 aliphatic carbocycles. The third-order valence-corrected chi connectivity index (χ3v) is 2.92. The molecule has 3 amide bonds. The van der Waals surface area contributed by atoms with Gasteiger partial charge in [-0.25, -0.2) is 9.78 Å². The third-order valence-electron chi connectivity index (χ3n) is 2.92. The zero-order valence-electron chi connectivity index (χ0n) is 9.96. The van der Waals surface area contributed by atoms with Gasteiger partial charge >= 0.3 is 6.03 Å². The number of hydrogen-bond donors (Lipinski definition) is 2.